The molecule has 1 fully saturated rings. The molecule has 1 amide bonds. The summed E-state index contributed by atoms with van der Waals surface area (Å²) in [5.74, 6) is -0.401. The van der Waals surface area contributed by atoms with E-state index in [0.717, 1.165) is 38.0 Å². The van der Waals surface area contributed by atoms with Crippen molar-refractivity contribution in [2.24, 2.45) is 0 Å². The topological polar surface area (TPSA) is 65.6 Å². The average Bonchev–Trinajstić information content (AvgIpc) is 3.08. The third kappa shape index (κ3) is 4.88. The Kier molecular flexibility index (Phi) is 7.09. The number of aromatic amines is 1. The number of hydrogen-bond donors (Lipinski definition) is 1. The maximum absolute atomic E-state index is 13.2. The first kappa shape index (κ1) is 21.1. The lowest BCUT2D eigenvalue weighted by atomic mass is 10.0. The number of amides is 1. The second-order valence-electron chi connectivity index (χ2n) is 7.59. The van der Waals surface area contributed by atoms with Gasteiger partial charge in [-0.15, -0.1) is 0 Å². The minimum Gasteiger partial charge on any atom is -0.465 e. The first-order valence-corrected chi connectivity index (χ1v) is 10.4. The monoisotopic (exact) mass is 397 g/mol. The van der Waals surface area contributed by atoms with Crippen LogP contribution in [0.1, 0.15) is 51.0 Å². The van der Waals surface area contributed by atoms with Crippen LogP contribution in [0, 0.1) is 6.92 Å². The second kappa shape index (κ2) is 9.74. The Hall–Kier alpha value is -2.60. The third-order valence-electron chi connectivity index (χ3n) is 5.61. The van der Waals surface area contributed by atoms with Gasteiger partial charge >= 0.3 is 5.97 Å². The van der Waals surface area contributed by atoms with Crippen molar-refractivity contribution in [3.05, 3.63) is 58.4 Å². The van der Waals surface area contributed by atoms with E-state index in [1.165, 1.54) is 12.7 Å². The lowest BCUT2D eigenvalue weighted by Gasteiger charge is -2.34. The third-order valence-corrected chi connectivity index (χ3v) is 5.61. The standard InChI is InChI=1S/C23H31N3O3/c1-4-8-19-20(23(28)29-3)17(2)24-21(19)22(27)26-15-13-25(14-16-26)12-11-18-9-6-5-7-10-18/h5-7,9-10,24H,4,8,11-16H2,1-3H3. The minimum absolute atomic E-state index is 0.0191. The zero-order valence-electron chi connectivity index (χ0n) is 17.7. The van der Waals surface area contributed by atoms with E-state index in [2.05, 4.69) is 34.1 Å². The van der Waals surface area contributed by atoms with Gasteiger partial charge in [0, 0.05) is 38.4 Å². The zero-order chi connectivity index (χ0) is 20.8. The number of H-pyrrole nitrogens is 1. The lowest BCUT2D eigenvalue weighted by molar-refractivity contribution is 0.0599. The van der Waals surface area contributed by atoms with Gasteiger partial charge in [-0.2, -0.15) is 0 Å². The van der Waals surface area contributed by atoms with Crippen molar-refractivity contribution in [3.63, 3.8) is 0 Å². The fraction of sp³-hybridized carbons (Fsp3) is 0.478. The minimum atomic E-state index is -0.382. The van der Waals surface area contributed by atoms with Gasteiger partial charge in [0.25, 0.3) is 5.91 Å². The van der Waals surface area contributed by atoms with Crippen molar-refractivity contribution >= 4 is 11.9 Å². The maximum atomic E-state index is 13.2. The van der Waals surface area contributed by atoms with Gasteiger partial charge in [-0.05, 0) is 30.9 Å². The molecule has 6 nitrogen and oxygen atoms in total. The summed E-state index contributed by atoms with van der Waals surface area (Å²) in [7, 11) is 1.38. The number of aryl methyl sites for hydroxylation is 1. The summed E-state index contributed by atoms with van der Waals surface area (Å²) in [5.41, 5.74) is 3.88. The Bertz CT molecular complexity index is 837. The summed E-state index contributed by atoms with van der Waals surface area (Å²) in [6.45, 7) is 8.00. The highest BCUT2D eigenvalue weighted by Crippen LogP contribution is 2.23. The average molecular weight is 398 g/mol. The van der Waals surface area contributed by atoms with Crippen molar-refractivity contribution < 1.29 is 14.3 Å². The molecule has 2 aromatic rings. The molecule has 0 bridgehead atoms. The molecule has 29 heavy (non-hydrogen) atoms. The molecule has 0 spiro atoms. The van der Waals surface area contributed by atoms with Crippen LogP contribution >= 0.6 is 0 Å². The summed E-state index contributed by atoms with van der Waals surface area (Å²) in [6, 6.07) is 10.5. The van der Waals surface area contributed by atoms with Crippen molar-refractivity contribution in [2.45, 2.75) is 33.1 Å². The van der Waals surface area contributed by atoms with E-state index in [4.69, 9.17) is 4.74 Å². The highest BCUT2D eigenvalue weighted by atomic mass is 16.5. The fourth-order valence-electron chi connectivity index (χ4n) is 4.00. The van der Waals surface area contributed by atoms with Crippen LogP contribution in [0.2, 0.25) is 0 Å². The quantitative estimate of drug-likeness (QED) is 0.730. The van der Waals surface area contributed by atoms with Crippen LogP contribution in [0.15, 0.2) is 30.3 Å². The molecule has 0 aliphatic carbocycles. The number of piperazine rings is 1. The maximum Gasteiger partial charge on any atom is 0.339 e. The van der Waals surface area contributed by atoms with Crippen molar-refractivity contribution in [1.82, 2.24) is 14.8 Å². The lowest BCUT2D eigenvalue weighted by Crippen LogP contribution is -2.49. The van der Waals surface area contributed by atoms with E-state index in [1.54, 1.807) is 0 Å². The summed E-state index contributed by atoms with van der Waals surface area (Å²) in [4.78, 5) is 32.8. The van der Waals surface area contributed by atoms with Gasteiger partial charge in [0.1, 0.15) is 5.69 Å². The Morgan fingerprint density at radius 3 is 2.38 bits per heavy atom. The van der Waals surface area contributed by atoms with Crippen LogP contribution in [0.4, 0.5) is 0 Å². The molecule has 2 heterocycles. The van der Waals surface area contributed by atoms with Crippen molar-refractivity contribution in [3.8, 4) is 0 Å². The molecule has 1 aliphatic heterocycles. The number of nitrogens with zero attached hydrogens (tertiary/aromatic N) is 2. The van der Waals surface area contributed by atoms with E-state index in [1.807, 2.05) is 24.8 Å². The Labute approximate surface area is 172 Å². The predicted octanol–water partition coefficient (Wildman–Crippen LogP) is 3.06. The summed E-state index contributed by atoms with van der Waals surface area (Å²) >= 11 is 0. The molecule has 1 aliphatic rings. The molecule has 156 valence electrons. The Morgan fingerprint density at radius 2 is 1.76 bits per heavy atom. The van der Waals surface area contributed by atoms with Gasteiger partial charge in [-0.3, -0.25) is 9.69 Å². The Balaban J connectivity index is 1.64. The van der Waals surface area contributed by atoms with Gasteiger partial charge < -0.3 is 14.6 Å². The molecule has 1 aromatic carbocycles. The number of methoxy groups -OCH3 is 1. The number of hydrogen-bond acceptors (Lipinski definition) is 4. The molecule has 0 atom stereocenters. The van der Waals surface area contributed by atoms with Gasteiger partial charge in [-0.25, -0.2) is 4.79 Å². The van der Waals surface area contributed by atoms with Gasteiger partial charge in [0.2, 0.25) is 0 Å². The first-order chi connectivity index (χ1) is 14.0. The highest BCUT2D eigenvalue weighted by molar-refractivity contribution is 6.00. The van der Waals surface area contributed by atoms with E-state index < -0.39 is 0 Å². The molecule has 0 radical (unpaired) electrons. The predicted molar refractivity (Wildman–Crippen MR) is 113 cm³/mol. The molecule has 1 saturated heterocycles. The molecular formula is C23H31N3O3. The van der Waals surface area contributed by atoms with E-state index in [-0.39, 0.29) is 11.9 Å². The fourth-order valence-corrected chi connectivity index (χ4v) is 4.00. The normalized spacial score (nSPS) is 14.8. The number of benzene rings is 1. The van der Waals surface area contributed by atoms with Crippen LogP contribution < -0.4 is 0 Å². The first-order valence-electron chi connectivity index (χ1n) is 10.4. The van der Waals surface area contributed by atoms with Crippen LogP contribution in [-0.4, -0.2) is 66.5 Å². The van der Waals surface area contributed by atoms with Crippen molar-refractivity contribution in [1.29, 1.82) is 0 Å². The number of ether oxygens (including phenoxy) is 1. The summed E-state index contributed by atoms with van der Waals surface area (Å²) in [6.07, 6.45) is 2.55. The highest BCUT2D eigenvalue weighted by Gasteiger charge is 2.29. The van der Waals surface area contributed by atoms with E-state index >= 15 is 0 Å². The van der Waals surface area contributed by atoms with Crippen LogP contribution in [0.3, 0.4) is 0 Å². The van der Waals surface area contributed by atoms with E-state index in [0.29, 0.717) is 36.5 Å². The summed E-state index contributed by atoms with van der Waals surface area (Å²) < 4.78 is 4.93. The molecular weight excluding hydrogens is 366 g/mol. The van der Waals surface area contributed by atoms with Gasteiger partial charge in [0.05, 0.1) is 12.7 Å². The molecule has 1 N–H and O–H groups in total. The summed E-state index contributed by atoms with van der Waals surface area (Å²) in [5, 5.41) is 0. The number of carbonyl (C=O) groups excluding carboxylic acids is 2. The smallest absolute Gasteiger partial charge is 0.339 e. The zero-order valence-corrected chi connectivity index (χ0v) is 17.7. The van der Waals surface area contributed by atoms with E-state index in [9.17, 15) is 9.59 Å². The number of carbonyl (C=O) groups is 2. The number of nitrogens with one attached hydrogen (secondary N) is 1. The number of esters is 1. The van der Waals surface area contributed by atoms with Gasteiger partial charge in [0.15, 0.2) is 0 Å². The van der Waals surface area contributed by atoms with Crippen LogP contribution in [-0.2, 0) is 17.6 Å². The molecule has 3 rings (SSSR count). The number of rotatable bonds is 7. The Morgan fingerprint density at radius 1 is 1.07 bits per heavy atom. The largest absolute Gasteiger partial charge is 0.465 e. The SMILES string of the molecule is CCCc1c(C(=O)N2CCN(CCc3ccccc3)CC2)[nH]c(C)c1C(=O)OC. The van der Waals surface area contributed by atoms with Gasteiger partial charge in [-0.1, -0.05) is 43.7 Å². The molecule has 0 saturated carbocycles. The second-order valence-corrected chi connectivity index (χ2v) is 7.59. The molecule has 1 aromatic heterocycles. The van der Waals surface area contributed by atoms with Crippen LogP contribution in [0.25, 0.3) is 0 Å². The molecule has 6 heteroatoms. The number of aromatic nitrogens is 1. The van der Waals surface area contributed by atoms with Crippen LogP contribution in [0.5, 0.6) is 0 Å². The molecule has 0 unspecified atom stereocenters. The van der Waals surface area contributed by atoms with Crippen molar-refractivity contribution in [2.75, 3.05) is 39.8 Å².